The van der Waals surface area contributed by atoms with E-state index in [0.717, 1.165) is 48.5 Å². The van der Waals surface area contributed by atoms with Crippen molar-refractivity contribution in [2.75, 3.05) is 11.4 Å². The number of anilines is 1. The molecule has 1 aliphatic heterocycles. The van der Waals surface area contributed by atoms with Gasteiger partial charge in [0.05, 0.1) is 17.5 Å². The van der Waals surface area contributed by atoms with E-state index < -0.39 is 17.7 Å². The summed E-state index contributed by atoms with van der Waals surface area (Å²) in [4.78, 5) is 5.75. The molecule has 7 nitrogen and oxygen atoms in total. The summed E-state index contributed by atoms with van der Waals surface area (Å²) in [6.45, 7) is 8.18. The van der Waals surface area contributed by atoms with E-state index in [1.807, 2.05) is 28.6 Å². The van der Waals surface area contributed by atoms with Crippen LogP contribution in [0.5, 0.6) is 0 Å². The molecule has 0 unspecified atom stereocenters. The first-order chi connectivity index (χ1) is 17.0. The van der Waals surface area contributed by atoms with Crippen LogP contribution in [0.25, 0.3) is 22.8 Å². The second kappa shape index (κ2) is 8.79. The van der Waals surface area contributed by atoms with Gasteiger partial charge in [0.1, 0.15) is 23.2 Å². The van der Waals surface area contributed by atoms with Crippen molar-refractivity contribution in [2.24, 2.45) is 7.05 Å². The molecule has 0 N–H and O–H groups in total. The third kappa shape index (κ3) is 4.27. The lowest BCUT2D eigenvalue weighted by molar-refractivity contribution is -0.140. The van der Waals surface area contributed by atoms with Gasteiger partial charge in [0.25, 0.3) is 0 Å². The van der Waals surface area contributed by atoms with Crippen molar-refractivity contribution in [2.45, 2.75) is 52.5 Å². The largest absolute Gasteiger partial charge is 0.434 e. The third-order valence-electron chi connectivity index (χ3n) is 6.41. The van der Waals surface area contributed by atoms with E-state index in [1.165, 1.54) is 23.7 Å². The monoisotopic (exact) mass is 501 g/mol. The molecular formula is C25H27F4N7. The van der Waals surface area contributed by atoms with Crippen LogP contribution in [0.15, 0.2) is 36.7 Å². The fourth-order valence-corrected chi connectivity index (χ4v) is 4.70. The molecule has 36 heavy (non-hydrogen) atoms. The highest BCUT2D eigenvalue weighted by molar-refractivity contribution is 5.64. The van der Waals surface area contributed by atoms with Crippen molar-refractivity contribution in [3.63, 3.8) is 0 Å². The highest BCUT2D eigenvalue weighted by atomic mass is 19.4. The van der Waals surface area contributed by atoms with Crippen LogP contribution in [0.2, 0.25) is 0 Å². The summed E-state index contributed by atoms with van der Waals surface area (Å²) < 4.78 is 59.3. The molecule has 4 heterocycles. The first kappa shape index (κ1) is 24.1. The molecule has 0 fully saturated rings. The van der Waals surface area contributed by atoms with Gasteiger partial charge in [0.15, 0.2) is 5.69 Å². The number of benzene rings is 1. The predicted molar refractivity (Wildman–Crippen MR) is 128 cm³/mol. The maximum Gasteiger partial charge on any atom is 0.434 e. The Balaban J connectivity index is 1.42. The SMILES string of the molecule is Cc1cnn(C(C)C)c1-c1cc2n(n1)CCCN2Cc1ccc(-c2nc(C(F)(F)F)cn2C)c(F)c1. The Labute approximate surface area is 206 Å². The molecule has 0 spiro atoms. The summed E-state index contributed by atoms with van der Waals surface area (Å²) in [5.41, 5.74) is 2.57. The van der Waals surface area contributed by atoms with E-state index in [4.69, 9.17) is 5.10 Å². The normalized spacial score (nSPS) is 14.1. The van der Waals surface area contributed by atoms with E-state index >= 15 is 4.39 Å². The van der Waals surface area contributed by atoms with Crippen molar-refractivity contribution in [3.05, 3.63) is 59.3 Å². The van der Waals surface area contributed by atoms with Crippen LogP contribution in [0.3, 0.4) is 0 Å². The van der Waals surface area contributed by atoms with Crippen LogP contribution in [0.1, 0.15) is 43.1 Å². The second-order valence-corrected chi connectivity index (χ2v) is 9.47. The summed E-state index contributed by atoms with van der Waals surface area (Å²) >= 11 is 0. The zero-order valence-corrected chi connectivity index (χ0v) is 20.5. The van der Waals surface area contributed by atoms with E-state index in [-0.39, 0.29) is 17.4 Å². The Bertz CT molecular complexity index is 1410. The van der Waals surface area contributed by atoms with Gasteiger partial charge < -0.3 is 9.47 Å². The van der Waals surface area contributed by atoms with Crippen molar-refractivity contribution < 1.29 is 17.6 Å². The van der Waals surface area contributed by atoms with Crippen LogP contribution in [0, 0.1) is 12.7 Å². The summed E-state index contributed by atoms with van der Waals surface area (Å²) in [5, 5.41) is 9.32. The molecule has 11 heteroatoms. The van der Waals surface area contributed by atoms with Gasteiger partial charge in [-0.1, -0.05) is 6.07 Å². The molecule has 4 aromatic rings. The Hall–Kier alpha value is -3.63. The Morgan fingerprint density at radius 1 is 1.11 bits per heavy atom. The Morgan fingerprint density at radius 2 is 1.89 bits per heavy atom. The van der Waals surface area contributed by atoms with E-state index in [1.54, 1.807) is 6.07 Å². The number of alkyl halides is 3. The standard InChI is InChI=1S/C25H27F4N7/c1-15(2)36-23(16(3)12-30-36)20-11-22-34(8-5-9-35(22)32-20)13-17-6-7-18(19(26)10-17)24-31-21(14-33(24)4)25(27,28)29/h6-7,10-12,14-15H,5,8-9,13H2,1-4H3. The van der Waals surface area contributed by atoms with Crippen LogP contribution < -0.4 is 4.90 Å². The molecule has 0 bridgehead atoms. The van der Waals surface area contributed by atoms with Gasteiger partial charge in [0, 0.05) is 45.0 Å². The maximum absolute atomic E-state index is 15.0. The average Bonchev–Trinajstić information content (AvgIpc) is 3.50. The minimum atomic E-state index is -4.59. The summed E-state index contributed by atoms with van der Waals surface area (Å²) in [7, 11) is 1.42. The molecule has 5 rings (SSSR count). The first-order valence-corrected chi connectivity index (χ1v) is 11.8. The third-order valence-corrected chi connectivity index (χ3v) is 6.41. The molecule has 1 aliphatic rings. The number of aryl methyl sites for hydroxylation is 3. The molecule has 3 aromatic heterocycles. The lowest BCUT2D eigenvalue weighted by atomic mass is 10.1. The summed E-state index contributed by atoms with van der Waals surface area (Å²) in [6, 6.07) is 6.82. The van der Waals surface area contributed by atoms with Gasteiger partial charge in [0.2, 0.25) is 0 Å². The molecule has 0 aliphatic carbocycles. The van der Waals surface area contributed by atoms with Gasteiger partial charge in [-0.05, 0) is 50.5 Å². The molecule has 0 atom stereocenters. The number of aromatic nitrogens is 6. The van der Waals surface area contributed by atoms with Crippen molar-refractivity contribution in [3.8, 4) is 22.8 Å². The topological polar surface area (TPSA) is 56.7 Å². The number of imidazole rings is 1. The lowest BCUT2D eigenvalue weighted by Crippen LogP contribution is -2.31. The molecule has 0 saturated heterocycles. The summed E-state index contributed by atoms with van der Waals surface area (Å²) in [6.07, 6.45) is -0.990. The van der Waals surface area contributed by atoms with Gasteiger partial charge in [-0.15, -0.1) is 0 Å². The number of hydrogen-bond acceptors (Lipinski definition) is 4. The van der Waals surface area contributed by atoms with Gasteiger partial charge in [-0.25, -0.2) is 14.1 Å². The van der Waals surface area contributed by atoms with Crippen LogP contribution >= 0.6 is 0 Å². The molecular weight excluding hydrogens is 474 g/mol. The molecule has 1 aromatic carbocycles. The number of rotatable bonds is 5. The summed E-state index contributed by atoms with van der Waals surface area (Å²) in [5.74, 6) is 0.261. The fraction of sp³-hybridized carbons (Fsp3) is 0.400. The zero-order valence-electron chi connectivity index (χ0n) is 20.5. The van der Waals surface area contributed by atoms with Crippen molar-refractivity contribution in [1.29, 1.82) is 0 Å². The van der Waals surface area contributed by atoms with Crippen molar-refractivity contribution in [1.82, 2.24) is 29.1 Å². The van der Waals surface area contributed by atoms with E-state index in [0.29, 0.717) is 12.1 Å². The smallest absolute Gasteiger partial charge is 0.352 e. The van der Waals surface area contributed by atoms with Crippen molar-refractivity contribution >= 4 is 5.82 Å². The fourth-order valence-electron chi connectivity index (χ4n) is 4.70. The van der Waals surface area contributed by atoms with Crippen LogP contribution in [-0.2, 0) is 26.3 Å². The van der Waals surface area contributed by atoms with Gasteiger partial charge in [-0.2, -0.15) is 23.4 Å². The first-order valence-electron chi connectivity index (χ1n) is 11.8. The zero-order chi connectivity index (χ0) is 25.8. The number of halogens is 4. The molecule has 0 saturated carbocycles. The highest BCUT2D eigenvalue weighted by Gasteiger charge is 2.35. The highest BCUT2D eigenvalue weighted by Crippen LogP contribution is 2.33. The average molecular weight is 502 g/mol. The molecule has 0 radical (unpaired) electrons. The van der Waals surface area contributed by atoms with Gasteiger partial charge >= 0.3 is 6.18 Å². The number of fused-ring (bicyclic) bond motifs is 1. The Morgan fingerprint density at radius 3 is 2.56 bits per heavy atom. The van der Waals surface area contributed by atoms with Crippen LogP contribution in [0.4, 0.5) is 23.4 Å². The van der Waals surface area contributed by atoms with Gasteiger partial charge in [-0.3, -0.25) is 4.68 Å². The lowest BCUT2D eigenvalue weighted by Gasteiger charge is -2.29. The minimum absolute atomic E-state index is 0.0279. The molecule has 190 valence electrons. The number of hydrogen-bond donors (Lipinski definition) is 0. The predicted octanol–water partition coefficient (Wildman–Crippen LogP) is 5.60. The van der Waals surface area contributed by atoms with Crippen LogP contribution in [-0.4, -0.2) is 35.7 Å². The van der Waals surface area contributed by atoms with E-state index in [2.05, 4.69) is 28.8 Å². The molecule has 0 amide bonds. The maximum atomic E-state index is 15.0. The number of nitrogens with zero attached hydrogens (tertiary/aromatic N) is 7. The quantitative estimate of drug-likeness (QED) is 0.334. The Kier molecular flexibility index (Phi) is 5.88. The minimum Gasteiger partial charge on any atom is -0.352 e. The second-order valence-electron chi connectivity index (χ2n) is 9.47. The van der Waals surface area contributed by atoms with E-state index in [9.17, 15) is 13.2 Å².